The normalized spacial score (nSPS) is 14.3. The minimum absolute atomic E-state index is 0.206. The molecule has 0 unspecified atom stereocenters. The monoisotopic (exact) mass is 385 g/mol. The van der Waals surface area contributed by atoms with Crippen LogP contribution < -0.4 is 0 Å². The Bertz CT molecular complexity index is 916. The van der Waals surface area contributed by atoms with Crippen molar-refractivity contribution in [2.24, 2.45) is 0 Å². The first-order valence-electron chi connectivity index (χ1n) is 8.81. The van der Waals surface area contributed by atoms with Crippen LogP contribution in [0, 0.1) is 0 Å². The third kappa shape index (κ3) is 3.74. The number of benzene rings is 2. The molecule has 0 N–H and O–H groups in total. The maximum Gasteiger partial charge on any atom is 0.233 e. The second-order valence-electron chi connectivity index (χ2n) is 6.47. The lowest BCUT2D eigenvalue weighted by molar-refractivity contribution is -0.127. The molecule has 1 aromatic heterocycles. The molecule has 4 rings (SSSR count). The quantitative estimate of drug-likeness (QED) is 0.609. The average molecular weight is 386 g/mol. The lowest BCUT2D eigenvalue weighted by Gasteiger charge is -2.15. The van der Waals surface area contributed by atoms with Crippen molar-refractivity contribution in [2.75, 3.05) is 18.8 Å². The number of halogens is 1. The minimum Gasteiger partial charge on any atom is -0.342 e. The van der Waals surface area contributed by atoms with Crippen molar-refractivity contribution in [2.45, 2.75) is 24.5 Å². The van der Waals surface area contributed by atoms with Crippen molar-refractivity contribution < 1.29 is 4.79 Å². The first-order valence-corrected chi connectivity index (χ1v) is 10.2. The number of nitrogens with zero attached hydrogens (tertiary/aromatic N) is 3. The fourth-order valence-electron chi connectivity index (χ4n) is 3.27. The van der Waals surface area contributed by atoms with Crippen LogP contribution in [0.3, 0.4) is 0 Å². The number of aromatic nitrogens is 2. The molecule has 4 nitrogen and oxygen atoms in total. The Balaban J connectivity index is 1.58. The highest BCUT2D eigenvalue weighted by Gasteiger charge is 2.19. The molecule has 3 aromatic rings. The van der Waals surface area contributed by atoms with Gasteiger partial charge in [0.05, 0.1) is 23.3 Å². The maximum atomic E-state index is 12.4. The average Bonchev–Trinajstić information content (AvgIpc) is 3.30. The van der Waals surface area contributed by atoms with Gasteiger partial charge in [-0.05, 0) is 42.7 Å². The van der Waals surface area contributed by atoms with Crippen molar-refractivity contribution >= 4 is 40.3 Å². The summed E-state index contributed by atoms with van der Waals surface area (Å²) in [5, 5.41) is 1.61. The van der Waals surface area contributed by atoms with Crippen LogP contribution in [0.1, 0.15) is 18.4 Å². The number of hydrogen-bond donors (Lipinski definition) is 0. The Morgan fingerprint density at radius 3 is 2.58 bits per heavy atom. The van der Waals surface area contributed by atoms with Gasteiger partial charge >= 0.3 is 0 Å². The van der Waals surface area contributed by atoms with E-state index in [4.69, 9.17) is 16.6 Å². The molecule has 2 heterocycles. The molecule has 134 valence electrons. The van der Waals surface area contributed by atoms with Gasteiger partial charge in [0.1, 0.15) is 0 Å². The van der Waals surface area contributed by atoms with Gasteiger partial charge in [-0.25, -0.2) is 4.98 Å². The third-order valence-electron chi connectivity index (χ3n) is 4.66. The summed E-state index contributed by atoms with van der Waals surface area (Å²) in [6.07, 6.45) is 2.23. The maximum absolute atomic E-state index is 12.4. The molecule has 0 bridgehead atoms. The summed E-state index contributed by atoms with van der Waals surface area (Å²) in [4.78, 5) is 19.1. The van der Waals surface area contributed by atoms with E-state index in [9.17, 15) is 4.79 Å². The van der Waals surface area contributed by atoms with Crippen LogP contribution in [0.25, 0.3) is 11.0 Å². The van der Waals surface area contributed by atoms with E-state index in [-0.39, 0.29) is 5.91 Å². The number of hydrogen-bond acceptors (Lipinski definition) is 3. The molecule has 6 heteroatoms. The molecule has 0 atom stereocenters. The summed E-state index contributed by atoms with van der Waals surface area (Å²) in [5.41, 5.74) is 3.20. The van der Waals surface area contributed by atoms with Gasteiger partial charge in [-0.15, -0.1) is 0 Å². The highest BCUT2D eigenvalue weighted by atomic mass is 35.5. The Kier molecular flexibility index (Phi) is 5.18. The summed E-state index contributed by atoms with van der Waals surface area (Å²) in [5.74, 6) is 0.641. The van der Waals surface area contributed by atoms with Crippen LogP contribution in [0.4, 0.5) is 0 Å². The predicted octanol–water partition coefficient (Wildman–Crippen LogP) is 4.45. The largest absolute Gasteiger partial charge is 0.342 e. The number of thioether (sulfide) groups is 1. The molecule has 1 aliphatic heterocycles. The topological polar surface area (TPSA) is 38.1 Å². The molecule has 0 aliphatic carbocycles. The molecule has 26 heavy (non-hydrogen) atoms. The lowest BCUT2D eigenvalue weighted by atomic mass is 10.2. The van der Waals surface area contributed by atoms with Crippen molar-refractivity contribution in [3.63, 3.8) is 0 Å². The number of rotatable bonds is 5. The molecule has 0 radical (unpaired) electrons. The third-order valence-corrected chi connectivity index (χ3v) is 5.87. The number of imidazole rings is 1. The summed E-state index contributed by atoms with van der Waals surface area (Å²) in [7, 11) is 0. The fraction of sp³-hybridized carbons (Fsp3) is 0.300. The summed E-state index contributed by atoms with van der Waals surface area (Å²) >= 11 is 7.53. The first kappa shape index (κ1) is 17.4. The molecule has 1 saturated heterocycles. The summed E-state index contributed by atoms with van der Waals surface area (Å²) in [6, 6.07) is 16.0. The van der Waals surface area contributed by atoms with Crippen LogP contribution in [-0.2, 0) is 11.3 Å². The minimum atomic E-state index is 0.206. The Morgan fingerprint density at radius 1 is 1.08 bits per heavy atom. The van der Waals surface area contributed by atoms with Crippen LogP contribution in [0.15, 0.2) is 53.7 Å². The van der Waals surface area contributed by atoms with E-state index >= 15 is 0 Å². The zero-order valence-electron chi connectivity index (χ0n) is 14.4. The number of carbonyl (C=O) groups excluding carboxylic acids is 1. The van der Waals surface area contributed by atoms with E-state index in [0.717, 1.165) is 52.7 Å². The van der Waals surface area contributed by atoms with Gasteiger partial charge in [0, 0.05) is 18.1 Å². The van der Waals surface area contributed by atoms with E-state index in [1.165, 1.54) is 11.8 Å². The number of fused-ring (bicyclic) bond motifs is 1. The van der Waals surface area contributed by atoms with E-state index in [1.807, 2.05) is 47.4 Å². The predicted molar refractivity (Wildman–Crippen MR) is 107 cm³/mol. The highest BCUT2D eigenvalue weighted by Crippen LogP contribution is 2.26. The van der Waals surface area contributed by atoms with Gasteiger partial charge in [-0.1, -0.05) is 47.6 Å². The van der Waals surface area contributed by atoms with Crippen molar-refractivity contribution in [1.82, 2.24) is 14.5 Å². The molecule has 0 spiro atoms. The highest BCUT2D eigenvalue weighted by molar-refractivity contribution is 7.99. The molecule has 1 amide bonds. The van der Waals surface area contributed by atoms with Crippen LogP contribution in [-0.4, -0.2) is 39.2 Å². The molecule has 1 fully saturated rings. The van der Waals surface area contributed by atoms with E-state index in [0.29, 0.717) is 12.3 Å². The number of amides is 1. The summed E-state index contributed by atoms with van der Waals surface area (Å²) < 4.78 is 2.18. The van der Waals surface area contributed by atoms with Gasteiger partial charge in [0.2, 0.25) is 5.91 Å². The van der Waals surface area contributed by atoms with E-state index in [2.05, 4.69) is 10.6 Å². The van der Waals surface area contributed by atoms with Gasteiger partial charge in [-0.2, -0.15) is 0 Å². The second kappa shape index (κ2) is 7.72. The van der Waals surface area contributed by atoms with Crippen molar-refractivity contribution in [1.29, 1.82) is 0 Å². The number of para-hydroxylation sites is 2. The van der Waals surface area contributed by atoms with Crippen LogP contribution in [0.5, 0.6) is 0 Å². The van der Waals surface area contributed by atoms with Crippen molar-refractivity contribution in [3.8, 4) is 0 Å². The Hall–Kier alpha value is -1.98. The zero-order chi connectivity index (χ0) is 17.9. The van der Waals surface area contributed by atoms with Gasteiger partial charge < -0.3 is 9.47 Å². The van der Waals surface area contributed by atoms with Gasteiger partial charge in [0.25, 0.3) is 0 Å². The molecule has 1 aliphatic rings. The van der Waals surface area contributed by atoms with Gasteiger partial charge in [0.15, 0.2) is 5.16 Å². The standard InChI is InChI=1S/C20H20ClN3OS/c21-16-9-7-15(8-10-16)13-24-18-6-2-1-5-17(18)22-20(24)26-14-19(25)23-11-3-4-12-23/h1-2,5-10H,3-4,11-14H2. The van der Waals surface area contributed by atoms with E-state index in [1.54, 1.807) is 0 Å². The SMILES string of the molecule is O=C(CSc1nc2ccccc2n1Cc1ccc(Cl)cc1)N1CCCC1. The smallest absolute Gasteiger partial charge is 0.233 e. The number of carbonyl (C=O) groups is 1. The number of likely N-dealkylation sites (tertiary alicyclic amines) is 1. The fourth-order valence-corrected chi connectivity index (χ4v) is 4.32. The summed E-state index contributed by atoms with van der Waals surface area (Å²) in [6.45, 7) is 2.49. The molecule has 2 aromatic carbocycles. The molecular formula is C20H20ClN3OS. The first-order chi connectivity index (χ1) is 12.7. The van der Waals surface area contributed by atoms with Crippen LogP contribution in [0.2, 0.25) is 5.02 Å². The Morgan fingerprint density at radius 2 is 1.81 bits per heavy atom. The lowest BCUT2D eigenvalue weighted by Crippen LogP contribution is -2.29. The van der Waals surface area contributed by atoms with Gasteiger partial charge in [-0.3, -0.25) is 4.79 Å². The molecule has 0 saturated carbocycles. The zero-order valence-corrected chi connectivity index (χ0v) is 16.0. The molecular weight excluding hydrogens is 366 g/mol. The van der Waals surface area contributed by atoms with Crippen molar-refractivity contribution in [3.05, 3.63) is 59.1 Å². The van der Waals surface area contributed by atoms with E-state index < -0.39 is 0 Å². The van der Waals surface area contributed by atoms with Crippen LogP contribution >= 0.6 is 23.4 Å². The second-order valence-corrected chi connectivity index (χ2v) is 7.85. The Labute approximate surface area is 162 Å².